The quantitative estimate of drug-likeness (QED) is 0.683. The van der Waals surface area contributed by atoms with Gasteiger partial charge in [0.05, 0.1) is 17.7 Å². The summed E-state index contributed by atoms with van der Waals surface area (Å²) < 4.78 is 33.5. The lowest BCUT2D eigenvalue weighted by Crippen LogP contribution is -2.48. The third-order valence-electron chi connectivity index (χ3n) is 5.65. The van der Waals surface area contributed by atoms with E-state index in [1.54, 1.807) is 46.7 Å². The van der Waals surface area contributed by atoms with Crippen molar-refractivity contribution in [3.63, 3.8) is 0 Å². The van der Waals surface area contributed by atoms with Gasteiger partial charge in [-0.25, -0.2) is 8.42 Å². The highest BCUT2D eigenvalue weighted by atomic mass is 32.2. The van der Waals surface area contributed by atoms with E-state index in [0.29, 0.717) is 55.8 Å². The van der Waals surface area contributed by atoms with E-state index in [0.717, 1.165) is 18.5 Å². The van der Waals surface area contributed by atoms with Crippen LogP contribution in [0.5, 0.6) is 5.75 Å². The Labute approximate surface area is 174 Å². The van der Waals surface area contributed by atoms with E-state index < -0.39 is 10.0 Å². The number of carbonyl (C=O) groups excluding carboxylic acids is 1. The van der Waals surface area contributed by atoms with Crippen LogP contribution in [0.4, 0.5) is 5.69 Å². The van der Waals surface area contributed by atoms with E-state index in [1.165, 1.54) is 0 Å². The molecule has 3 rings (SSSR count). The molecule has 0 aromatic heterocycles. The maximum absolute atomic E-state index is 13.2. The van der Waals surface area contributed by atoms with Gasteiger partial charge in [-0.2, -0.15) is 4.31 Å². The fraction of sp³-hybridized carbons (Fsp3) is 0.571. The van der Waals surface area contributed by atoms with Gasteiger partial charge >= 0.3 is 0 Å². The minimum atomic E-state index is -3.54. The molecule has 0 bridgehead atoms. The van der Waals surface area contributed by atoms with Gasteiger partial charge in [-0.15, -0.1) is 0 Å². The number of piperidine rings is 1. The maximum Gasteiger partial charge on any atom is 0.246 e. The molecule has 0 radical (unpaired) electrons. The first-order valence-electron chi connectivity index (χ1n) is 10.2. The Hall–Kier alpha value is -2.06. The first kappa shape index (κ1) is 21.6. The zero-order chi connectivity index (χ0) is 21.0. The lowest BCUT2D eigenvalue weighted by Gasteiger charge is -2.36. The number of rotatable bonds is 5. The van der Waals surface area contributed by atoms with E-state index in [9.17, 15) is 13.2 Å². The van der Waals surface area contributed by atoms with Crippen LogP contribution < -0.4 is 9.64 Å². The smallest absolute Gasteiger partial charge is 0.246 e. The lowest BCUT2D eigenvalue weighted by molar-refractivity contribution is -0.126. The fourth-order valence-corrected chi connectivity index (χ4v) is 5.63. The minimum absolute atomic E-state index is 0.00895. The molecule has 2 aliphatic heterocycles. The molecule has 1 atom stereocenters. The fourth-order valence-electron chi connectivity index (χ4n) is 4.01. The molecule has 2 saturated heterocycles. The van der Waals surface area contributed by atoms with Gasteiger partial charge in [-0.05, 0) is 50.0 Å². The molecule has 29 heavy (non-hydrogen) atoms. The van der Waals surface area contributed by atoms with Gasteiger partial charge in [-0.1, -0.05) is 13.0 Å². The van der Waals surface area contributed by atoms with Crippen molar-refractivity contribution in [3.05, 3.63) is 30.4 Å². The molecular formula is C21H31N3O4S. The number of amides is 1. The lowest BCUT2D eigenvalue weighted by atomic mass is 10.0. The average Bonchev–Trinajstić information content (AvgIpc) is 2.73. The van der Waals surface area contributed by atoms with Gasteiger partial charge < -0.3 is 14.5 Å². The van der Waals surface area contributed by atoms with Crippen LogP contribution in [0.25, 0.3) is 0 Å². The molecule has 1 amide bonds. The monoisotopic (exact) mass is 421 g/mol. The molecule has 2 aliphatic rings. The zero-order valence-corrected chi connectivity index (χ0v) is 18.3. The second-order valence-electron chi connectivity index (χ2n) is 7.76. The predicted molar refractivity (Wildman–Crippen MR) is 114 cm³/mol. The van der Waals surface area contributed by atoms with Gasteiger partial charge in [0, 0.05) is 39.3 Å². The topological polar surface area (TPSA) is 70.2 Å². The Morgan fingerprint density at radius 3 is 2.52 bits per heavy atom. The van der Waals surface area contributed by atoms with Crippen molar-refractivity contribution in [2.45, 2.75) is 31.6 Å². The summed E-state index contributed by atoms with van der Waals surface area (Å²) in [7, 11) is -1.95. The van der Waals surface area contributed by atoms with Crippen LogP contribution in [-0.4, -0.2) is 69.9 Å². The number of anilines is 1. The number of sulfonamides is 1. The summed E-state index contributed by atoms with van der Waals surface area (Å²) in [6, 6.07) is 5.08. The van der Waals surface area contributed by atoms with Gasteiger partial charge in [0.15, 0.2) is 0 Å². The Morgan fingerprint density at radius 2 is 1.90 bits per heavy atom. The van der Waals surface area contributed by atoms with Crippen molar-refractivity contribution in [2.24, 2.45) is 5.92 Å². The molecule has 2 fully saturated rings. The van der Waals surface area contributed by atoms with Crippen molar-refractivity contribution in [3.8, 4) is 5.75 Å². The molecule has 1 unspecified atom stereocenters. The van der Waals surface area contributed by atoms with Crippen LogP contribution in [0.2, 0.25) is 0 Å². The number of nitrogens with zero attached hydrogens (tertiary/aromatic N) is 3. The highest BCUT2D eigenvalue weighted by Crippen LogP contribution is 2.33. The summed E-state index contributed by atoms with van der Waals surface area (Å²) in [4.78, 5) is 16.3. The Bertz CT molecular complexity index is 861. The van der Waals surface area contributed by atoms with E-state index in [4.69, 9.17) is 4.74 Å². The summed E-state index contributed by atoms with van der Waals surface area (Å²) in [5, 5.41) is 0. The molecular weight excluding hydrogens is 390 g/mol. The third-order valence-corrected chi connectivity index (χ3v) is 7.51. The number of carbonyl (C=O) groups is 1. The Morgan fingerprint density at radius 1 is 1.17 bits per heavy atom. The number of hydrogen-bond donors (Lipinski definition) is 0. The van der Waals surface area contributed by atoms with Crippen molar-refractivity contribution in [2.75, 3.05) is 51.3 Å². The summed E-state index contributed by atoms with van der Waals surface area (Å²) in [6.45, 7) is 7.49. The number of piperazine rings is 1. The van der Waals surface area contributed by atoms with Crippen molar-refractivity contribution in [1.29, 1.82) is 0 Å². The molecule has 160 valence electrons. The number of allylic oxidation sites excluding steroid dienone is 1. The second kappa shape index (κ2) is 9.17. The Balaban J connectivity index is 1.82. The number of benzene rings is 1. The van der Waals surface area contributed by atoms with Crippen LogP contribution in [-0.2, 0) is 14.8 Å². The standard InChI is InChI=1S/C21H31N3O4S/c1-4-6-21(25)23-13-11-22(12-14-23)19-15-18(8-9-20(19)28-3)29(26,27)24-10-5-7-17(2)16-24/h4,6,8-9,15,17H,5,7,10-14,16H2,1-3H3/b6-4+. The van der Waals surface area contributed by atoms with Crippen LogP contribution in [0.15, 0.2) is 35.2 Å². The van der Waals surface area contributed by atoms with Crippen LogP contribution >= 0.6 is 0 Å². The number of hydrogen-bond acceptors (Lipinski definition) is 5. The minimum Gasteiger partial charge on any atom is -0.495 e. The molecule has 8 heteroatoms. The van der Waals surface area contributed by atoms with E-state index >= 15 is 0 Å². The van der Waals surface area contributed by atoms with Crippen LogP contribution in [0.3, 0.4) is 0 Å². The van der Waals surface area contributed by atoms with Crippen molar-refractivity contribution >= 4 is 21.6 Å². The number of methoxy groups -OCH3 is 1. The second-order valence-corrected chi connectivity index (χ2v) is 9.69. The maximum atomic E-state index is 13.2. The van der Waals surface area contributed by atoms with Gasteiger partial charge in [0.25, 0.3) is 0 Å². The van der Waals surface area contributed by atoms with Crippen LogP contribution in [0.1, 0.15) is 26.7 Å². The largest absolute Gasteiger partial charge is 0.495 e. The summed E-state index contributed by atoms with van der Waals surface area (Å²) in [5.41, 5.74) is 0.761. The van der Waals surface area contributed by atoms with E-state index in [-0.39, 0.29) is 5.91 Å². The molecule has 2 heterocycles. The molecule has 1 aromatic rings. The molecule has 7 nitrogen and oxygen atoms in total. The molecule has 0 spiro atoms. The highest BCUT2D eigenvalue weighted by Gasteiger charge is 2.30. The SMILES string of the molecule is C/C=C/C(=O)N1CCN(c2cc(S(=O)(=O)N3CCCC(C)C3)ccc2OC)CC1. The van der Waals surface area contributed by atoms with Gasteiger partial charge in [0.1, 0.15) is 5.75 Å². The molecule has 0 N–H and O–H groups in total. The highest BCUT2D eigenvalue weighted by molar-refractivity contribution is 7.89. The first-order chi connectivity index (χ1) is 13.9. The predicted octanol–water partition coefficient (Wildman–Crippen LogP) is 2.34. The third kappa shape index (κ3) is 4.75. The normalized spacial score (nSPS) is 21.6. The van der Waals surface area contributed by atoms with E-state index in [2.05, 4.69) is 11.8 Å². The summed E-state index contributed by atoms with van der Waals surface area (Å²) in [5.74, 6) is 1.03. The summed E-state index contributed by atoms with van der Waals surface area (Å²) in [6.07, 6.45) is 5.28. The van der Waals surface area contributed by atoms with Crippen molar-refractivity contribution < 1.29 is 17.9 Å². The van der Waals surface area contributed by atoms with Crippen LogP contribution in [0, 0.1) is 5.92 Å². The Kier molecular flexibility index (Phi) is 6.85. The van der Waals surface area contributed by atoms with Gasteiger partial charge in [-0.3, -0.25) is 4.79 Å². The van der Waals surface area contributed by atoms with Gasteiger partial charge in [0.2, 0.25) is 15.9 Å². The molecule has 0 aliphatic carbocycles. The molecule has 0 saturated carbocycles. The van der Waals surface area contributed by atoms with Crippen molar-refractivity contribution in [1.82, 2.24) is 9.21 Å². The first-order valence-corrected chi connectivity index (χ1v) is 11.7. The summed E-state index contributed by atoms with van der Waals surface area (Å²) >= 11 is 0. The zero-order valence-electron chi connectivity index (χ0n) is 17.5. The average molecular weight is 422 g/mol. The number of ether oxygens (including phenoxy) is 1. The molecule has 1 aromatic carbocycles. The van der Waals surface area contributed by atoms with E-state index in [1.807, 2.05) is 6.92 Å².